The Kier molecular flexibility index (Phi) is 4.29. The standard InChI is InChI=1S/C13H16N2O5S/c1-15(7-5-12(16)17)21(19,20)10-3-2-9-4-6-14-13(18)11(9)8-10/h2-3,8H,4-7H2,1H3,(H,14,18)(H,16,17). The fraction of sp³-hybridized carbons (Fsp3) is 0.385. The minimum absolute atomic E-state index is 0.00816. The summed E-state index contributed by atoms with van der Waals surface area (Å²) in [5.41, 5.74) is 1.17. The Hall–Kier alpha value is -1.93. The number of fused-ring (bicyclic) bond motifs is 1. The van der Waals surface area contributed by atoms with Crippen molar-refractivity contribution in [3.8, 4) is 0 Å². The quantitative estimate of drug-likeness (QED) is 0.800. The van der Waals surface area contributed by atoms with E-state index in [0.717, 1.165) is 9.87 Å². The summed E-state index contributed by atoms with van der Waals surface area (Å²) in [7, 11) is -2.48. The van der Waals surface area contributed by atoms with E-state index in [4.69, 9.17) is 5.11 Å². The molecule has 2 N–H and O–H groups in total. The zero-order valence-corrected chi connectivity index (χ0v) is 12.3. The van der Waals surface area contributed by atoms with Crippen LogP contribution in [-0.2, 0) is 21.2 Å². The van der Waals surface area contributed by atoms with Gasteiger partial charge in [-0.25, -0.2) is 12.7 Å². The number of carboxylic acid groups (broad SMARTS) is 1. The number of benzene rings is 1. The van der Waals surface area contributed by atoms with E-state index in [1.54, 1.807) is 6.07 Å². The van der Waals surface area contributed by atoms with Gasteiger partial charge in [0.25, 0.3) is 5.91 Å². The van der Waals surface area contributed by atoms with Gasteiger partial charge in [0.05, 0.1) is 11.3 Å². The summed E-state index contributed by atoms with van der Waals surface area (Å²) in [5, 5.41) is 11.3. The minimum Gasteiger partial charge on any atom is -0.481 e. The van der Waals surface area contributed by atoms with Crippen LogP contribution in [0.5, 0.6) is 0 Å². The molecule has 0 bridgehead atoms. The largest absolute Gasteiger partial charge is 0.481 e. The molecule has 0 saturated carbocycles. The number of carbonyl (C=O) groups is 2. The lowest BCUT2D eigenvalue weighted by Gasteiger charge is -2.20. The number of rotatable bonds is 5. The van der Waals surface area contributed by atoms with E-state index in [0.29, 0.717) is 18.5 Å². The SMILES string of the molecule is CN(CCC(=O)O)S(=O)(=O)c1ccc2c(c1)C(=O)NCC2. The first-order valence-electron chi connectivity index (χ1n) is 6.41. The van der Waals surface area contributed by atoms with Crippen molar-refractivity contribution >= 4 is 21.9 Å². The molecular weight excluding hydrogens is 296 g/mol. The van der Waals surface area contributed by atoms with Crippen LogP contribution in [0, 0.1) is 0 Å². The van der Waals surface area contributed by atoms with Crippen LogP contribution in [0.1, 0.15) is 22.3 Å². The van der Waals surface area contributed by atoms with Gasteiger partial charge in [0.2, 0.25) is 10.0 Å². The Bertz CT molecular complexity index is 684. The Labute approximate surface area is 122 Å². The molecule has 1 heterocycles. The zero-order chi connectivity index (χ0) is 15.6. The molecule has 114 valence electrons. The highest BCUT2D eigenvalue weighted by molar-refractivity contribution is 7.89. The third-order valence-electron chi connectivity index (χ3n) is 3.35. The van der Waals surface area contributed by atoms with Crippen LogP contribution in [0.3, 0.4) is 0 Å². The van der Waals surface area contributed by atoms with E-state index < -0.39 is 16.0 Å². The van der Waals surface area contributed by atoms with E-state index in [1.165, 1.54) is 19.2 Å². The Morgan fingerprint density at radius 2 is 2.14 bits per heavy atom. The van der Waals surface area contributed by atoms with Crippen LogP contribution < -0.4 is 5.32 Å². The van der Waals surface area contributed by atoms with E-state index in [9.17, 15) is 18.0 Å². The van der Waals surface area contributed by atoms with Crippen molar-refractivity contribution in [2.75, 3.05) is 20.1 Å². The molecule has 0 aromatic heterocycles. The number of nitrogens with one attached hydrogen (secondary N) is 1. The van der Waals surface area contributed by atoms with Crippen molar-refractivity contribution in [1.29, 1.82) is 0 Å². The molecule has 21 heavy (non-hydrogen) atoms. The first-order valence-corrected chi connectivity index (χ1v) is 7.85. The van der Waals surface area contributed by atoms with Gasteiger partial charge in [0, 0.05) is 25.7 Å². The number of nitrogens with zero attached hydrogens (tertiary/aromatic N) is 1. The predicted octanol–water partition coefficient (Wildman–Crippen LogP) is 0.0677. The number of sulfonamides is 1. The number of hydrogen-bond acceptors (Lipinski definition) is 4. The second-order valence-electron chi connectivity index (χ2n) is 4.80. The molecule has 1 aromatic rings. The molecule has 0 saturated heterocycles. The van der Waals surface area contributed by atoms with Gasteiger partial charge in [0.1, 0.15) is 0 Å². The molecule has 0 fully saturated rings. The minimum atomic E-state index is -3.80. The highest BCUT2D eigenvalue weighted by Gasteiger charge is 2.25. The average molecular weight is 312 g/mol. The number of carboxylic acids is 1. The lowest BCUT2D eigenvalue weighted by molar-refractivity contribution is -0.137. The van der Waals surface area contributed by atoms with Crippen LogP contribution in [0.4, 0.5) is 0 Å². The second-order valence-corrected chi connectivity index (χ2v) is 6.84. The van der Waals surface area contributed by atoms with Gasteiger partial charge in [-0.05, 0) is 24.1 Å². The zero-order valence-electron chi connectivity index (χ0n) is 11.5. The maximum atomic E-state index is 12.3. The second kappa shape index (κ2) is 5.82. The Morgan fingerprint density at radius 1 is 1.43 bits per heavy atom. The topological polar surface area (TPSA) is 104 Å². The first-order chi connectivity index (χ1) is 9.82. The summed E-state index contributed by atoms with van der Waals surface area (Å²) in [5.74, 6) is -1.36. The lowest BCUT2D eigenvalue weighted by atomic mass is 10.0. The molecular formula is C13H16N2O5S. The summed E-state index contributed by atoms with van der Waals surface area (Å²) in [6.07, 6.45) is 0.386. The highest BCUT2D eigenvalue weighted by atomic mass is 32.2. The normalized spacial score (nSPS) is 14.7. The summed E-state index contributed by atoms with van der Waals surface area (Å²) >= 11 is 0. The van der Waals surface area contributed by atoms with Crippen molar-refractivity contribution in [3.05, 3.63) is 29.3 Å². The van der Waals surface area contributed by atoms with E-state index in [-0.39, 0.29) is 23.8 Å². The average Bonchev–Trinajstić information content (AvgIpc) is 2.44. The van der Waals surface area contributed by atoms with Gasteiger partial charge < -0.3 is 10.4 Å². The maximum Gasteiger partial charge on any atom is 0.304 e. The van der Waals surface area contributed by atoms with Gasteiger partial charge in [-0.15, -0.1) is 0 Å². The van der Waals surface area contributed by atoms with Crippen molar-refractivity contribution in [2.24, 2.45) is 0 Å². The molecule has 1 aliphatic heterocycles. The predicted molar refractivity (Wildman–Crippen MR) is 74.5 cm³/mol. The van der Waals surface area contributed by atoms with Gasteiger partial charge in [-0.2, -0.15) is 0 Å². The highest BCUT2D eigenvalue weighted by Crippen LogP contribution is 2.21. The third kappa shape index (κ3) is 3.22. The van der Waals surface area contributed by atoms with Gasteiger partial charge in [-0.3, -0.25) is 9.59 Å². The van der Waals surface area contributed by atoms with Crippen molar-refractivity contribution in [3.63, 3.8) is 0 Å². The third-order valence-corrected chi connectivity index (χ3v) is 5.21. The molecule has 1 aliphatic rings. The van der Waals surface area contributed by atoms with E-state index >= 15 is 0 Å². The first kappa shape index (κ1) is 15.5. The van der Waals surface area contributed by atoms with Crippen LogP contribution in [0.25, 0.3) is 0 Å². The Balaban J connectivity index is 2.30. The molecule has 1 amide bonds. The lowest BCUT2D eigenvalue weighted by Crippen LogP contribution is -2.33. The summed E-state index contributed by atoms with van der Waals surface area (Å²) < 4.78 is 25.7. The van der Waals surface area contributed by atoms with Crippen molar-refractivity contribution < 1.29 is 23.1 Å². The fourth-order valence-corrected chi connectivity index (χ4v) is 3.30. The van der Waals surface area contributed by atoms with E-state index in [1.807, 2.05) is 0 Å². The smallest absolute Gasteiger partial charge is 0.304 e. The number of hydrogen-bond donors (Lipinski definition) is 2. The summed E-state index contributed by atoms with van der Waals surface area (Å²) in [6, 6.07) is 4.42. The molecule has 1 aromatic carbocycles. The van der Waals surface area contributed by atoms with Crippen LogP contribution in [0.2, 0.25) is 0 Å². The number of amides is 1. The maximum absolute atomic E-state index is 12.3. The monoisotopic (exact) mass is 312 g/mol. The summed E-state index contributed by atoms with van der Waals surface area (Å²) in [6.45, 7) is 0.414. The van der Waals surface area contributed by atoms with Crippen LogP contribution in [0.15, 0.2) is 23.1 Å². The molecule has 2 rings (SSSR count). The molecule has 8 heteroatoms. The van der Waals surface area contributed by atoms with Gasteiger partial charge in [0.15, 0.2) is 0 Å². The molecule has 7 nitrogen and oxygen atoms in total. The van der Waals surface area contributed by atoms with Crippen LogP contribution >= 0.6 is 0 Å². The number of aliphatic carboxylic acids is 1. The Morgan fingerprint density at radius 3 is 2.81 bits per heavy atom. The van der Waals surface area contributed by atoms with Crippen molar-refractivity contribution in [2.45, 2.75) is 17.7 Å². The van der Waals surface area contributed by atoms with Gasteiger partial charge in [-0.1, -0.05) is 6.07 Å². The van der Waals surface area contributed by atoms with Crippen LogP contribution in [-0.4, -0.2) is 49.8 Å². The molecule has 0 radical (unpaired) electrons. The van der Waals surface area contributed by atoms with Gasteiger partial charge >= 0.3 is 5.97 Å². The molecule has 0 spiro atoms. The number of carbonyl (C=O) groups excluding carboxylic acids is 1. The molecule has 0 atom stereocenters. The van der Waals surface area contributed by atoms with Crippen molar-refractivity contribution in [1.82, 2.24) is 9.62 Å². The summed E-state index contributed by atoms with van der Waals surface area (Å²) in [4.78, 5) is 22.3. The molecule has 0 aliphatic carbocycles. The van der Waals surface area contributed by atoms with E-state index in [2.05, 4.69) is 5.32 Å². The molecule has 0 unspecified atom stereocenters. The fourth-order valence-electron chi connectivity index (χ4n) is 2.10.